The number of halogens is 1. The number of β-amino-alcohol motifs (C(OH)–C–C–N with tert-alkyl or cyclic N) is 1. The van der Waals surface area contributed by atoms with Gasteiger partial charge in [0.1, 0.15) is 5.82 Å². The number of rotatable bonds is 4. The van der Waals surface area contributed by atoms with Crippen molar-refractivity contribution in [1.82, 2.24) is 14.7 Å². The molecule has 138 valence electrons. The Labute approximate surface area is 149 Å². The first-order valence-corrected chi connectivity index (χ1v) is 9.25. The Kier molecular flexibility index (Phi) is 6.39. The fourth-order valence-electron chi connectivity index (χ4n) is 3.69. The molecule has 0 aromatic heterocycles. The van der Waals surface area contributed by atoms with Crippen molar-refractivity contribution in [2.75, 3.05) is 45.8 Å². The molecular weight excluding hydrogens is 321 g/mol. The smallest absolute Gasteiger partial charge is 0.236 e. The first-order valence-electron chi connectivity index (χ1n) is 9.25. The normalized spacial score (nSPS) is 23.4. The lowest BCUT2D eigenvalue weighted by Crippen LogP contribution is -2.46. The van der Waals surface area contributed by atoms with Gasteiger partial charge in [-0.15, -0.1) is 0 Å². The Morgan fingerprint density at radius 3 is 2.56 bits per heavy atom. The zero-order chi connectivity index (χ0) is 17.6. The van der Waals surface area contributed by atoms with Crippen LogP contribution >= 0.6 is 0 Å². The zero-order valence-corrected chi connectivity index (χ0v) is 14.7. The maximum atomic E-state index is 13.0. The highest BCUT2D eigenvalue weighted by molar-refractivity contribution is 5.78. The Hall–Kier alpha value is -1.50. The molecule has 2 saturated heterocycles. The van der Waals surface area contributed by atoms with E-state index in [4.69, 9.17) is 0 Å². The number of nitrogens with zero attached hydrogens (tertiary/aromatic N) is 3. The third kappa shape index (κ3) is 5.49. The molecule has 0 spiro atoms. The summed E-state index contributed by atoms with van der Waals surface area (Å²) in [5.74, 6) is -0.0445. The summed E-state index contributed by atoms with van der Waals surface area (Å²) in [5.41, 5.74) is 1.10. The van der Waals surface area contributed by atoms with E-state index in [9.17, 15) is 14.3 Å². The fourth-order valence-corrected chi connectivity index (χ4v) is 3.69. The largest absolute Gasteiger partial charge is 0.392 e. The molecule has 1 amide bonds. The van der Waals surface area contributed by atoms with E-state index in [0.29, 0.717) is 13.1 Å². The Morgan fingerprint density at radius 2 is 1.80 bits per heavy atom. The summed E-state index contributed by atoms with van der Waals surface area (Å²) in [6, 6.07) is 6.64. The summed E-state index contributed by atoms with van der Waals surface area (Å²) in [6.45, 7) is 6.01. The minimum absolute atomic E-state index is 0.165. The molecule has 2 fully saturated rings. The van der Waals surface area contributed by atoms with Crippen LogP contribution in [0.1, 0.15) is 24.8 Å². The lowest BCUT2D eigenvalue weighted by atomic mass is 10.1. The molecule has 25 heavy (non-hydrogen) atoms. The molecule has 2 heterocycles. The molecule has 1 aromatic carbocycles. The minimum atomic E-state index is -0.295. The Bertz CT molecular complexity index is 566. The molecule has 6 heteroatoms. The third-order valence-corrected chi connectivity index (χ3v) is 5.10. The lowest BCUT2D eigenvalue weighted by molar-refractivity contribution is -0.133. The number of hydrogen-bond acceptors (Lipinski definition) is 4. The lowest BCUT2D eigenvalue weighted by Gasteiger charge is -2.31. The van der Waals surface area contributed by atoms with Gasteiger partial charge in [-0.25, -0.2) is 4.39 Å². The first-order chi connectivity index (χ1) is 12.1. The highest BCUT2D eigenvalue weighted by Crippen LogP contribution is 2.12. The van der Waals surface area contributed by atoms with Crippen LogP contribution in [-0.4, -0.2) is 77.6 Å². The van der Waals surface area contributed by atoms with Gasteiger partial charge in [0.15, 0.2) is 0 Å². The molecule has 0 saturated carbocycles. The second-order valence-corrected chi connectivity index (χ2v) is 7.17. The van der Waals surface area contributed by atoms with Crippen molar-refractivity contribution in [2.45, 2.75) is 31.9 Å². The Morgan fingerprint density at radius 1 is 1.04 bits per heavy atom. The molecule has 2 aliphatic rings. The van der Waals surface area contributed by atoms with Crippen molar-refractivity contribution in [3.63, 3.8) is 0 Å². The summed E-state index contributed by atoms with van der Waals surface area (Å²) in [6.07, 6.45) is 2.46. The van der Waals surface area contributed by atoms with Crippen molar-refractivity contribution < 1.29 is 14.3 Å². The topological polar surface area (TPSA) is 47.0 Å². The first kappa shape index (κ1) is 18.3. The van der Waals surface area contributed by atoms with Crippen LogP contribution in [0.5, 0.6) is 0 Å². The van der Waals surface area contributed by atoms with Gasteiger partial charge in [-0.1, -0.05) is 12.1 Å². The van der Waals surface area contributed by atoms with Crippen LogP contribution in [0, 0.1) is 5.82 Å². The van der Waals surface area contributed by atoms with Crippen LogP contribution in [0.15, 0.2) is 24.3 Å². The highest BCUT2D eigenvalue weighted by Gasteiger charge is 2.24. The number of carbonyl (C=O) groups is 1. The van der Waals surface area contributed by atoms with Crippen molar-refractivity contribution in [1.29, 1.82) is 0 Å². The summed E-state index contributed by atoms with van der Waals surface area (Å²) in [4.78, 5) is 18.9. The average molecular weight is 349 g/mol. The van der Waals surface area contributed by atoms with Crippen LogP contribution in [0.25, 0.3) is 0 Å². The molecule has 0 aliphatic carbocycles. The summed E-state index contributed by atoms with van der Waals surface area (Å²) < 4.78 is 13.0. The van der Waals surface area contributed by atoms with Crippen LogP contribution in [0.4, 0.5) is 4.39 Å². The molecule has 3 rings (SSSR count). The van der Waals surface area contributed by atoms with Gasteiger partial charge in [0.25, 0.3) is 0 Å². The van der Waals surface area contributed by atoms with E-state index in [1.165, 1.54) is 12.1 Å². The van der Waals surface area contributed by atoms with Crippen molar-refractivity contribution in [3.8, 4) is 0 Å². The van der Waals surface area contributed by atoms with Crippen LogP contribution in [0.3, 0.4) is 0 Å². The second kappa shape index (κ2) is 8.74. The van der Waals surface area contributed by atoms with E-state index in [1.807, 2.05) is 17.0 Å². The number of piperidine rings is 1. The van der Waals surface area contributed by atoms with Crippen LogP contribution in [-0.2, 0) is 11.3 Å². The molecule has 1 atom stereocenters. The van der Waals surface area contributed by atoms with Gasteiger partial charge in [-0.2, -0.15) is 0 Å². The van der Waals surface area contributed by atoms with Crippen molar-refractivity contribution >= 4 is 5.91 Å². The SMILES string of the molecule is O=C(CN1CCCC(O)C1)N1CCCN(Cc2ccc(F)cc2)CC1. The van der Waals surface area contributed by atoms with Gasteiger partial charge in [-0.05, 0) is 43.5 Å². The number of likely N-dealkylation sites (tertiary alicyclic amines) is 1. The maximum absolute atomic E-state index is 13.0. The number of amides is 1. The predicted octanol–water partition coefficient (Wildman–Crippen LogP) is 1.32. The zero-order valence-electron chi connectivity index (χ0n) is 14.7. The maximum Gasteiger partial charge on any atom is 0.236 e. The second-order valence-electron chi connectivity index (χ2n) is 7.17. The summed E-state index contributed by atoms with van der Waals surface area (Å²) in [5, 5.41) is 9.74. The molecule has 0 radical (unpaired) electrons. The predicted molar refractivity (Wildman–Crippen MR) is 94.6 cm³/mol. The van der Waals surface area contributed by atoms with Gasteiger partial charge in [0.2, 0.25) is 5.91 Å². The standard InChI is InChI=1S/C19H28FN3O2/c20-17-6-4-16(5-7-17)13-21-9-2-10-23(12-11-21)19(25)15-22-8-1-3-18(24)14-22/h4-7,18,24H,1-3,8-15H2. The number of benzene rings is 1. The van der Waals surface area contributed by atoms with Gasteiger partial charge in [-0.3, -0.25) is 14.6 Å². The van der Waals surface area contributed by atoms with Gasteiger partial charge in [0.05, 0.1) is 12.6 Å². The fraction of sp³-hybridized carbons (Fsp3) is 0.632. The van der Waals surface area contributed by atoms with E-state index in [1.54, 1.807) is 0 Å². The molecule has 1 unspecified atom stereocenters. The monoisotopic (exact) mass is 349 g/mol. The average Bonchev–Trinajstić information content (AvgIpc) is 2.83. The van der Waals surface area contributed by atoms with Gasteiger partial charge >= 0.3 is 0 Å². The van der Waals surface area contributed by atoms with E-state index >= 15 is 0 Å². The highest BCUT2D eigenvalue weighted by atomic mass is 19.1. The Balaban J connectivity index is 1.47. The number of carbonyl (C=O) groups excluding carboxylic acids is 1. The molecule has 1 N–H and O–H groups in total. The van der Waals surface area contributed by atoms with Gasteiger partial charge < -0.3 is 10.0 Å². The van der Waals surface area contributed by atoms with Crippen LogP contribution < -0.4 is 0 Å². The van der Waals surface area contributed by atoms with Gasteiger partial charge in [0, 0.05) is 39.3 Å². The van der Waals surface area contributed by atoms with E-state index in [-0.39, 0.29) is 17.8 Å². The van der Waals surface area contributed by atoms with E-state index in [2.05, 4.69) is 9.80 Å². The van der Waals surface area contributed by atoms with Crippen LogP contribution in [0.2, 0.25) is 0 Å². The summed E-state index contributed by atoms with van der Waals surface area (Å²) >= 11 is 0. The molecule has 0 bridgehead atoms. The van der Waals surface area contributed by atoms with E-state index < -0.39 is 0 Å². The van der Waals surface area contributed by atoms with Crippen molar-refractivity contribution in [3.05, 3.63) is 35.6 Å². The molecule has 5 nitrogen and oxygen atoms in total. The van der Waals surface area contributed by atoms with Crippen molar-refractivity contribution in [2.24, 2.45) is 0 Å². The molecule has 1 aromatic rings. The third-order valence-electron chi connectivity index (χ3n) is 5.10. The van der Waals surface area contributed by atoms with E-state index in [0.717, 1.165) is 64.1 Å². The number of aliphatic hydroxyl groups excluding tert-OH is 1. The minimum Gasteiger partial charge on any atom is -0.392 e. The molecular formula is C19H28FN3O2. The quantitative estimate of drug-likeness (QED) is 0.891. The number of aliphatic hydroxyl groups is 1. The summed E-state index contributed by atoms with van der Waals surface area (Å²) in [7, 11) is 0. The number of hydrogen-bond donors (Lipinski definition) is 1. The molecule has 2 aliphatic heterocycles.